The molecule has 1 heterocycles. The maximum atomic E-state index is 12.3. The van der Waals surface area contributed by atoms with Gasteiger partial charge in [-0.25, -0.2) is 9.78 Å². The molecule has 0 amide bonds. The van der Waals surface area contributed by atoms with Gasteiger partial charge in [-0.15, -0.1) is 11.3 Å². The van der Waals surface area contributed by atoms with E-state index in [2.05, 4.69) is 11.1 Å². The number of hydrogen-bond acceptors (Lipinski definition) is 6. The molecule has 0 spiro atoms. The van der Waals surface area contributed by atoms with E-state index < -0.39 is 5.97 Å². The maximum Gasteiger partial charge on any atom is 0.343 e. The topological polar surface area (TPSA) is 72.2 Å². The number of para-hydroxylation sites is 1. The van der Waals surface area contributed by atoms with Gasteiger partial charge in [0.25, 0.3) is 0 Å². The van der Waals surface area contributed by atoms with Gasteiger partial charge in [0.1, 0.15) is 11.1 Å². The Hall–Kier alpha value is -3.95. The Morgan fingerprint density at radius 2 is 1.80 bits per heavy atom. The van der Waals surface area contributed by atoms with E-state index in [9.17, 15) is 10.1 Å². The number of hydrogen-bond donors (Lipinski definition) is 0. The molecule has 0 bridgehead atoms. The van der Waals surface area contributed by atoms with Gasteiger partial charge in [-0.05, 0) is 48.0 Å². The van der Waals surface area contributed by atoms with Crippen molar-refractivity contribution in [1.82, 2.24) is 4.98 Å². The van der Waals surface area contributed by atoms with Gasteiger partial charge in [0, 0.05) is 0 Å². The monoisotopic (exact) mass is 412 g/mol. The van der Waals surface area contributed by atoms with Crippen molar-refractivity contribution in [2.75, 3.05) is 7.11 Å². The largest absolute Gasteiger partial charge is 0.493 e. The number of fused-ring (bicyclic) bond motifs is 1. The molecule has 0 aliphatic heterocycles. The molecule has 4 rings (SSSR count). The molecule has 0 aliphatic carbocycles. The van der Waals surface area contributed by atoms with E-state index in [1.54, 1.807) is 48.5 Å². The molecule has 0 fully saturated rings. The number of allylic oxidation sites excluding steroid dienone is 1. The minimum absolute atomic E-state index is 0.307. The zero-order valence-electron chi connectivity index (χ0n) is 16.0. The molecule has 146 valence electrons. The third-order valence-electron chi connectivity index (χ3n) is 4.36. The molecule has 1 aromatic heterocycles. The average Bonchev–Trinajstić information content (AvgIpc) is 3.22. The zero-order valence-corrected chi connectivity index (χ0v) is 16.8. The highest BCUT2D eigenvalue weighted by molar-refractivity contribution is 7.19. The lowest BCUT2D eigenvalue weighted by atomic mass is 10.1. The average molecular weight is 412 g/mol. The smallest absolute Gasteiger partial charge is 0.343 e. The Labute approximate surface area is 177 Å². The number of aromatic nitrogens is 1. The van der Waals surface area contributed by atoms with Crippen LogP contribution in [0.2, 0.25) is 0 Å². The molecule has 0 N–H and O–H groups in total. The van der Waals surface area contributed by atoms with Crippen molar-refractivity contribution in [1.29, 1.82) is 5.26 Å². The Kier molecular flexibility index (Phi) is 5.55. The fraction of sp³-hybridized carbons (Fsp3) is 0.0417. The minimum atomic E-state index is -0.468. The molecule has 3 aromatic carbocycles. The van der Waals surface area contributed by atoms with Crippen LogP contribution in [0.15, 0.2) is 72.8 Å². The predicted octanol–water partition coefficient (Wildman–Crippen LogP) is 5.59. The molecule has 6 heteroatoms. The van der Waals surface area contributed by atoms with Gasteiger partial charge in [-0.2, -0.15) is 5.26 Å². The van der Waals surface area contributed by atoms with Crippen molar-refractivity contribution in [3.63, 3.8) is 0 Å². The molecule has 0 atom stereocenters. The third-order valence-corrected chi connectivity index (χ3v) is 5.43. The van der Waals surface area contributed by atoms with Gasteiger partial charge >= 0.3 is 5.97 Å². The quantitative estimate of drug-likeness (QED) is 0.243. The number of nitrogens with zero attached hydrogens (tertiary/aromatic N) is 2. The fourth-order valence-electron chi connectivity index (χ4n) is 2.89. The van der Waals surface area contributed by atoms with Crippen molar-refractivity contribution in [2.24, 2.45) is 0 Å². The van der Waals surface area contributed by atoms with Crippen LogP contribution >= 0.6 is 11.3 Å². The lowest BCUT2D eigenvalue weighted by molar-refractivity contribution is 0.0729. The molecular weight excluding hydrogens is 396 g/mol. The van der Waals surface area contributed by atoms with Gasteiger partial charge in [0.2, 0.25) is 0 Å². The van der Waals surface area contributed by atoms with Gasteiger partial charge < -0.3 is 9.47 Å². The lowest BCUT2D eigenvalue weighted by Gasteiger charge is -2.10. The van der Waals surface area contributed by atoms with Crippen molar-refractivity contribution >= 4 is 39.2 Å². The van der Waals surface area contributed by atoms with Gasteiger partial charge in [-0.3, -0.25) is 0 Å². The van der Waals surface area contributed by atoms with Crippen LogP contribution < -0.4 is 9.47 Å². The number of nitriles is 1. The summed E-state index contributed by atoms with van der Waals surface area (Å²) < 4.78 is 11.9. The highest BCUT2D eigenvalue weighted by atomic mass is 32.1. The first-order valence-electron chi connectivity index (χ1n) is 9.11. The Balaban J connectivity index is 1.63. The highest BCUT2D eigenvalue weighted by Gasteiger charge is 2.13. The van der Waals surface area contributed by atoms with E-state index in [1.165, 1.54) is 18.4 Å². The molecule has 5 nitrogen and oxygen atoms in total. The van der Waals surface area contributed by atoms with E-state index in [1.807, 2.05) is 30.3 Å². The lowest BCUT2D eigenvalue weighted by Crippen LogP contribution is -2.09. The molecule has 0 radical (unpaired) electrons. The van der Waals surface area contributed by atoms with E-state index in [0.29, 0.717) is 27.6 Å². The zero-order chi connectivity index (χ0) is 20.9. The SMILES string of the molecule is COc1cc(/C=C(/C#N)c2nc3ccccc3s2)ccc1OC(=O)c1ccccc1. The minimum Gasteiger partial charge on any atom is -0.493 e. The summed E-state index contributed by atoms with van der Waals surface area (Å²) in [7, 11) is 1.50. The highest BCUT2D eigenvalue weighted by Crippen LogP contribution is 2.32. The van der Waals surface area contributed by atoms with Crippen LogP contribution in [-0.2, 0) is 0 Å². The Bertz CT molecular complexity index is 1250. The van der Waals surface area contributed by atoms with Crippen molar-refractivity contribution in [2.45, 2.75) is 0 Å². The van der Waals surface area contributed by atoms with Crippen LogP contribution in [-0.4, -0.2) is 18.1 Å². The molecule has 0 saturated heterocycles. The number of esters is 1. The summed E-state index contributed by atoms with van der Waals surface area (Å²) in [5, 5.41) is 10.3. The van der Waals surface area contributed by atoms with Crippen molar-refractivity contribution < 1.29 is 14.3 Å². The molecule has 30 heavy (non-hydrogen) atoms. The van der Waals surface area contributed by atoms with E-state index in [4.69, 9.17) is 9.47 Å². The standard InChI is InChI=1S/C24H16N2O3S/c1-28-21-14-16(11-12-20(21)29-24(27)17-7-3-2-4-8-17)13-18(15-25)23-26-19-9-5-6-10-22(19)30-23/h2-14H,1H3/b18-13-. The second-order valence-electron chi connectivity index (χ2n) is 6.32. The fourth-order valence-corrected chi connectivity index (χ4v) is 3.82. The normalized spacial score (nSPS) is 11.1. The van der Waals surface area contributed by atoms with Gasteiger partial charge in [0.15, 0.2) is 11.5 Å². The van der Waals surface area contributed by atoms with Gasteiger partial charge in [-0.1, -0.05) is 36.4 Å². The summed E-state index contributed by atoms with van der Waals surface area (Å²) in [6.07, 6.45) is 1.74. The number of carbonyl (C=O) groups is 1. The summed E-state index contributed by atoms with van der Waals surface area (Å²) in [5.41, 5.74) is 2.50. The first-order chi connectivity index (χ1) is 14.7. The summed E-state index contributed by atoms with van der Waals surface area (Å²) in [6, 6.07) is 23.9. The second kappa shape index (κ2) is 8.60. The maximum absolute atomic E-state index is 12.3. The number of benzene rings is 3. The molecule has 0 unspecified atom stereocenters. The predicted molar refractivity (Wildman–Crippen MR) is 117 cm³/mol. The summed E-state index contributed by atoms with van der Waals surface area (Å²) >= 11 is 1.47. The molecule has 4 aromatic rings. The van der Waals surface area contributed by atoms with Crippen molar-refractivity contribution in [3.05, 3.63) is 88.9 Å². The number of carbonyl (C=O) groups excluding carboxylic acids is 1. The van der Waals surface area contributed by atoms with Crippen molar-refractivity contribution in [3.8, 4) is 17.6 Å². The van der Waals surface area contributed by atoms with Gasteiger partial charge in [0.05, 0.1) is 28.5 Å². The Morgan fingerprint density at radius 1 is 1.03 bits per heavy atom. The summed E-state index contributed by atoms with van der Waals surface area (Å²) in [4.78, 5) is 16.9. The van der Waals surface area contributed by atoms with Crippen LogP contribution in [0.3, 0.4) is 0 Å². The first-order valence-corrected chi connectivity index (χ1v) is 9.92. The van der Waals surface area contributed by atoms with Crippen LogP contribution in [0.5, 0.6) is 11.5 Å². The number of thiazole rings is 1. The van der Waals surface area contributed by atoms with Crippen LogP contribution in [0, 0.1) is 11.3 Å². The molecule has 0 aliphatic rings. The number of ether oxygens (including phenoxy) is 2. The van der Waals surface area contributed by atoms with Crippen LogP contribution in [0.4, 0.5) is 0 Å². The van der Waals surface area contributed by atoms with Crippen LogP contribution in [0.1, 0.15) is 20.9 Å². The van der Waals surface area contributed by atoms with Crippen LogP contribution in [0.25, 0.3) is 21.9 Å². The van der Waals surface area contributed by atoms with E-state index in [-0.39, 0.29) is 0 Å². The third kappa shape index (κ3) is 4.07. The second-order valence-corrected chi connectivity index (χ2v) is 7.35. The molecular formula is C24H16N2O3S. The molecule has 0 saturated carbocycles. The van der Waals surface area contributed by atoms with E-state index >= 15 is 0 Å². The first kappa shape index (κ1) is 19.4. The summed E-state index contributed by atoms with van der Waals surface area (Å²) in [6.45, 7) is 0. The Morgan fingerprint density at radius 3 is 2.53 bits per heavy atom. The summed E-state index contributed by atoms with van der Waals surface area (Å²) in [5.74, 6) is 0.237. The number of rotatable bonds is 5. The number of methoxy groups -OCH3 is 1. The van der Waals surface area contributed by atoms with E-state index in [0.717, 1.165) is 15.8 Å².